The van der Waals surface area contributed by atoms with E-state index >= 15 is 0 Å². The molecule has 0 aliphatic heterocycles. The lowest BCUT2D eigenvalue weighted by molar-refractivity contribution is -0.118. The first kappa shape index (κ1) is 24.5. The molecular weight excluding hydrogens is 456 g/mol. The molecule has 0 saturated carbocycles. The van der Waals surface area contributed by atoms with E-state index in [9.17, 15) is 4.79 Å². The van der Waals surface area contributed by atoms with Gasteiger partial charge in [0, 0.05) is 24.1 Å². The highest BCUT2D eigenvalue weighted by Gasteiger charge is 2.14. The Labute approximate surface area is 210 Å². The lowest BCUT2D eigenvalue weighted by atomic mass is 9.87. The third kappa shape index (κ3) is 6.51. The number of thioether (sulfide) groups is 1. The van der Waals surface area contributed by atoms with E-state index in [1.165, 1.54) is 11.1 Å². The molecule has 1 heterocycles. The number of nitrogens with zero attached hydrogens (tertiary/aromatic N) is 3. The van der Waals surface area contributed by atoms with Gasteiger partial charge in [-0.2, -0.15) is 0 Å². The molecule has 1 amide bonds. The molecule has 180 valence electrons. The van der Waals surface area contributed by atoms with Crippen LogP contribution in [-0.4, -0.2) is 27.3 Å². The average molecular weight is 487 g/mol. The van der Waals surface area contributed by atoms with E-state index in [0.29, 0.717) is 11.4 Å². The summed E-state index contributed by atoms with van der Waals surface area (Å²) in [6, 6.07) is 25.6. The zero-order valence-corrected chi connectivity index (χ0v) is 21.3. The topological polar surface area (TPSA) is 69.0 Å². The minimum atomic E-state index is -0.213. The predicted molar refractivity (Wildman–Crippen MR) is 142 cm³/mol. The van der Waals surface area contributed by atoms with Crippen LogP contribution >= 0.6 is 11.8 Å². The number of benzene rings is 3. The SMILES string of the molecule is Cn1c(SCc2ccc(C(C)(C)C)cc2)nnc1-c1ccc(NC(=O)COc2ccccc2)cc1. The van der Waals surface area contributed by atoms with Gasteiger partial charge in [0.2, 0.25) is 0 Å². The van der Waals surface area contributed by atoms with Crippen LogP contribution < -0.4 is 10.1 Å². The molecule has 0 aliphatic carbocycles. The van der Waals surface area contributed by atoms with Crippen LogP contribution in [0.1, 0.15) is 31.9 Å². The zero-order chi connectivity index (χ0) is 24.8. The molecule has 0 bridgehead atoms. The molecule has 3 aromatic carbocycles. The highest BCUT2D eigenvalue weighted by molar-refractivity contribution is 7.98. The standard InChI is InChI=1S/C28H30N4O2S/c1-28(2,3)22-14-10-20(11-15-22)19-35-27-31-30-26(32(27)4)21-12-16-23(17-13-21)29-25(33)18-34-24-8-6-5-7-9-24/h5-17H,18-19H2,1-4H3,(H,29,33). The van der Waals surface area contributed by atoms with Gasteiger partial charge in [-0.15, -0.1) is 10.2 Å². The van der Waals surface area contributed by atoms with E-state index in [0.717, 1.165) is 22.3 Å². The van der Waals surface area contributed by atoms with E-state index in [1.54, 1.807) is 11.8 Å². The van der Waals surface area contributed by atoms with Crippen LogP contribution in [0.3, 0.4) is 0 Å². The normalized spacial score (nSPS) is 11.3. The Morgan fingerprint density at radius 1 is 0.943 bits per heavy atom. The molecule has 4 aromatic rings. The first-order chi connectivity index (χ1) is 16.8. The molecule has 0 radical (unpaired) electrons. The lowest BCUT2D eigenvalue weighted by Gasteiger charge is -2.19. The Hall–Kier alpha value is -3.58. The Morgan fingerprint density at radius 3 is 2.29 bits per heavy atom. The van der Waals surface area contributed by atoms with Crippen LogP contribution in [0.2, 0.25) is 0 Å². The zero-order valence-electron chi connectivity index (χ0n) is 20.5. The quantitative estimate of drug-likeness (QED) is 0.305. The van der Waals surface area contributed by atoms with Gasteiger partial charge in [0.05, 0.1) is 0 Å². The predicted octanol–water partition coefficient (Wildman–Crippen LogP) is 6.09. The Balaban J connectivity index is 1.33. The van der Waals surface area contributed by atoms with Crippen molar-refractivity contribution in [2.24, 2.45) is 7.05 Å². The molecular formula is C28H30N4O2S. The summed E-state index contributed by atoms with van der Waals surface area (Å²) in [5.41, 5.74) is 4.36. The molecule has 35 heavy (non-hydrogen) atoms. The number of carbonyl (C=O) groups is 1. The summed E-state index contributed by atoms with van der Waals surface area (Å²) in [5, 5.41) is 12.5. The number of rotatable bonds is 8. The van der Waals surface area contributed by atoms with Crippen molar-refractivity contribution in [1.82, 2.24) is 14.8 Å². The second-order valence-corrected chi connectivity index (χ2v) is 10.3. The van der Waals surface area contributed by atoms with E-state index in [1.807, 2.05) is 66.2 Å². The maximum absolute atomic E-state index is 12.2. The fourth-order valence-electron chi connectivity index (χ4n) is 3.51. The number of para-hydroxylation sites is 1. The monoisotopic (exact) mass is 486 g/mol. The summed E-state index contributed by atoms with van der Waals surface area (Å²) in [5.74, 6) is 2.05. The minimum Gasteiger partial charge on any atom is -0.484 e. The number of amides is 1. The molecule has 0 fully saturated rings. The van der Waals surface area contributed by atoms with Crippen molar-refractivity contribution in [2.45, 2.75) is 37.1 Å². The minimum absolute atomic E-state index is 0.0471. The van der Waals surface area contributed by atoms with Gasteiger partial charge >= 0.3 is 0 Å². The van der Waals surface area contributed by atoms with Crippen molar-refractivity contribution in [1.29, 1.82) is 0 Å². The van der Waals surface area contributed by atoms with E-state index in [-0.39, 0.29) is 17.9 Å². The number of ether oxygens (including phenoxy) is 1. The van der Waals surface area contributed by atoms with E-state index in [2.05, 4.69) is 60.6 Å². The molecule has 0 aliphatic rings. The fourth-order valence-corrected chi connectivity index (χ4v) is 4.37. The van der Waals surface area contributed by atoms with Crippen molar-refractivity contribution in [3.05, 3.63) is 90.0 Å². The van der Waals surface area contributed by atoms with Gasteiger partial charge in [-0.3, -0.25) is 4.79 Å². The smallest absolute Gasteiger partial charge is 0.262 e. The Morgan fingerprint density at radius 2 is 1.63 bits per heavy atom. The first-order valence-corrected chi connectivity index (χ1v) is 12.5. The molecule has 0 unspecified atom stereocenters. The second kappa shape index (κ2) is 10.8. The van der Waals surface area contributed by atoms with Crippen molar-refractivity contribution in [3.63, 3.8) is 0 Å². The number of nitrogens with one attached hydrogen (secondary N) is 1. The van der Waals surface area contributed by atoms with Gasteiger partial charge in [-0.05, 0) is 52.9 Å². The Kier molecular flexibility index (Phi) is 7.56. The van der Waals surface area contributed by atoms with Gasteiger partial charge in [-0.1, -0.05) is 75.0 Å². The molecule has 4 rings (SSSR count). The number of carbonyl (C=O) groups excluding carboxylic acids is 1. The van der Waals surface area contributed by atoms with Crippen LogP contribution in [0.15, 0.2) is 84.0 Å². The third-order valence-corrected chi connectivity index (χ3v) is 6.65. The maximum Gasteiger partial charge on any atom is 0.262 e. The number of hydrogen-bond acceptors (Lipinski definition) is 5. The number of aromatic nitrogens is 3. The van der Waals surface area contributed by atoms with Crippen LogP contribution in [0.5, 0.6) is 5.75 Å². The molecule has 6 nitrogen and oxygen atoms in total. The van der Waals surface area contributed by atoms with Crippen molar-refractivity contribution < 1.29 is 9.53 Å². The van der Waals surface area contributed by atoms with Crippen LogP contribution in [0.4, 0.5) is 5.69 Å². The van der Waals surface area contributed by atoms with Gasteiger partial charge in [0.25, 0.3) is 5.91 Å². The van der Waals surface area contributed by atoms with Crippen LogP contribution in [0.25, 0.3) is 11.4 Å². The molecule has 1 N–H and O–H groups in total. The van der Waals surface area contributed by atoms with Gasteiger partial charge in [0.1, 0.15) is 5.75 Å². The van der Waals surface area contributed by atoms with E-state index < -0.39 is 0 Å². The highest BCUT2D eigenvalue weighted by atomic mass is 32.2. The average Bonchev–Trinajstić information content (AvgIpc) is 3.22. The summed E-state index contributed by atoms with van der Waals surface area (Å²) in [6.45, 7) is 6.62. The van der Waals surface area contributed by atoms with Crippen molar-refractivity contribution in [3.8, 4) is 17.1 Å². The highest BCUT2D eigenvalue weighted by Crippen LogP contribution is 2.27. The lowest BCUT2D eigenvalue weighted by Crippen LogP contribution is -2.20. The Bertz CT molecular complexity index is 1260. The summed E-state index contributed by atoms with van der Waals surface area (Å²) < 4.78 is 7.49. The third-order valence-electron chi connectivity index (χ3n) is 5.56. The van der Waals surface area contributed by atoms with Gasteiger partial charge < -0.3 is 14.6 Å². The van der Waals surface area contributed by atoms with Gasteiger partial charge in [-0.25, -0.2) is 0 Å². The summed E-state index contributed by atoms with van der Waals surface area (Å²) in [4.78, 5) is 12.2. The molecule has 0 saturated heterocycles. The largest absolute Gasteiger partial charge is 0.484 e. The first-order valence-electron chi connectivity index (χ1n) is 11.5. The van der Waals surface area contributed by atoms with Crippen molar-refractivity contribution >= 4 is 23.4 Å². The number of hydrogen-bond donors (Lipinski definition) is 1. The second-order valence-electron chi connectivity index (χ2n) is 9.33. The fraction of sp³-hybridized carbons (Fsp3) is 0.250. The van der Waals surface area contributed by atoms with Crippen LogP contribution in [-0.2, 0) is 23.0 Å². The molecule has 0 spiro atoms. The van der Waals surface area contributed by atoms with Gasteiger partial charge in [0.15, 0.2) is 17.6 Å². The number of anilines is 1. The van der Waals surface area contributed by atoms with Crippen LogP contribution in [0, 0.1) is 0 Å². The molecule has 0 atom stereocenters. The molecule has 1 aromatic heterocycles. The summed E-state index contributed by atoms with van der Waals surface area (Å²) in [6.07, 6.45) is 0. The molecule has 7 heteroatoms. The van der Waals surface area contributed by atoms with E-state index in [4.69, 9.17) is 4.74 Å². The summed E-state index contributed by atoms with van der Waals surface area (Å²) >= 11 is 1.66. The summed E-state index contributed by atoms with van der Waals surface area (Å²) in [7, 11) is 1.97. The maximum atomic E-state index is 12.2. The van der Waals surface area contributed by atoms with Crippen molar-refractivity contribution in [2.75, 3.05) is 11.9 Å².